The van der Waals surface area contributed by atoms with E-state index in [9.17, 15) is 9.18 Å². The first-order valence-electron chi connectivity index (χ1n) is 7.55. The predicted octanol–water partition coefficient (Wildman–Crippen LogP) is 1.39. The van der Waals surface area contributed by atoms with Gasteiger partial charge >= 0.3 is 0 Å². The minimum Gasteiger partial charge on any atom is -0.351 e. The highest BCUT2D eigenvalue weighted by Crippen LogP contribution is 2.09. The zero-order valence-corrected chi connectivity index (χ0v) is 12.9. The average molecular weight is 293 g/mol. The lowest BCUT2D eigenvalue weighted by molar-refractivity contribution is -0.122. The number of halogens is 1. The highest BCUT2D eigenvalue weighted by Gasteiger charge is 2.17. The number of hydrogen-bond donors (Lipinski definition) is 1. The van der Waals surface area contributed by atoms with Gasteiger partial charge in [0.25, 0.3) is 0 Å². The van der Waals surface area contributed by atoms with Crippen LogP contribution in [0.25, 0.3) is 0 Å². The Kier molecular flexibility index (Phi) is 5.70. The lowest BCUT2D eigenvalue weighted by Gasteiger charge is -2.33. The van der Waals surface area contributed by atoms with Gasteiger partial charge in [-0.25, -0.2) is 4.39 Å². The molecule has 0 spiro atoms. The van der Waals surface area contributed by atoms with Gasteiger partial charge in [0.15, 0.2) is 0 Å². The summed E-state index contributed by atoms with van der Waals surface area (Å²) < 4.78 is 13.4. The molecule has 0 saturated carbocycles. The van der Waals surface area contributed by atoms with Gasteiger partial charge in [0.05, 0.1) is 6.54 Å². The molecule has 4 nitrogen and oxygen atoms in total. The van der Waals surface area contributed by atoms with E-state index in [0.717, 1.165) is 38.3 Å². The van der Waals surface area contributed by atoms with E-state index in [1.807, 2.05) is 6.07 Å². The topological polar surface area (TPSA) is 35.6 Å². The molecular weight excluding hydrogens is 269 g/mol. The third-order valence-electron chi connectivity index (χ3n) is 4.01. The van der Waals surface area contributed by atoms with Crippen molar-refractivity contribution in [3.8, 4) is 0 Å². The van der Waals surface area contributed by atoms with Crippen molar-refractivity contribution in [2.24, 2.45) is 0 Å². The second-order valence-electron chi connectivity index (χ2n) is 5.57. The molecule has 5 heteroatoms. The number of rotatable bonds is 5. The number of carbonyl (C=O) groups excluding carboxylic acids is 1. The molecule has 21 heavy (non-hydrogen) atoms. The van der Waals surface area contributed by atoms with Crippen LogP contribution in [0.1, 0.15) is 18.1 Å². The monoisotopic (exact) mass is 293 g/mol. The van der Waals surface area contributed by atoms with Crippen LogP contribution in [0.2, 0.25) is 0 Å². The number of piperazine rings is 1. The summed E-state index contributed by atoms with van der Waals surface area (Å²) in [6.45, 7) is 9.66. The minimum absolute atomic E-state index is 0.000863. The summed E-state index contributed by atoms with van der Waals surface area (Å²) in [5.74, 6) is -0.224. The highest BCUT2D eigenvalue weighted by molar-refractivity contribution is 5.78. The molecule has 0 aromatic heterocycles. The first-order chi connectivity index (χ1) is 10.1. The summed E-state index contributed by atoms with van der Waals surface area (Å²) in [4.78, 5) is 16.5. The van der Waals surface area contributed by atoms with Crippen molar-refractivity contribution in [2.45, 2.75) is 20.4 Å². The van der Waals surface area contributed by atoms with Gasteiger partial charge in [-0.2, -0.15) is 0 Å². The van der Waals surface area contributed by atoms with Crippen molar-refractivity contribution in [3.05, 3.63) is 35.1 Å². The molecule has 1 aliphatic heterocycles. The van der Waals surface area contributed by atoms with Crippen LogP contribution in [0.15, 0.2) is 18.2 Å². The molecule has 0 unspecified atom stereocenters. The SMILES string of the molecule is CCN1CCN(CC(=O)NCc2ccc(C)c(F)c2)CC1. The number of nitrogens with zero attached hydrogens (tertiary/aromatic N) is 2. The summed E-state index contributed by atoms with van der Waals surface area (Å²) in [6.07, 6.45) is 0. The molecule has 1 aromatic rings. The average Bonchev–Trinajstić information content (AvgIpc) is 2.49. The molecule has 0 radical (unpaired) electrons. The van der Waals surface area contributed by atoms with Crippen LogP contribution in [0, 0.1) is 12.7 Å². The number of amides is 1. The maximum absolute atomic E-state index is 13.4. The molecule has 2 rings (SSSR count). The Morgan fingerprint density at radius 2 is 1.90 bits per heavy atom. The maximum Gasteiger partial charge on any atom is 0.234 e. The zero-order valence-electron chi connectivity index (χ0n) is 12.9. The molecular formula is C16H24FN3O. The summed E-state index contributed by atoms with van der Waals surface area (Å²) in [6, 6.07) is 5.06. The lowest BCUT2D eigenvalue weighted by Crippen LogP contribution is -2.49. The van der Waals surface area contributed by atoms with Gasteiger partial charge in [0, 0.05) is 32.7 Å². The van der Waals surface area contributed by atoms with Crippen LogP contribution in [0.5, 0.6) is 0 Å². The first-order valence-corrected chi connectivity index (χ1v) is 7.55. The Bertz CT molecular complexity index is 484. The van der Waals surface area contributed by atoms with Gasteiger partial charge < -0.3 is 10.2 Å². The van der Waals surface area contributed by atoms with E-state index in [-0.39, 0.29) is 11.7 Å². The Balaban J connectivity index is 1.73. The van der Waals surface area contributed by atoms with Gasteiger partial charge in [-0.3, -0.25) is 9.69 Å². The first kappa shape index (κ1) is 15.9. The molecule has 116 valence electrons. The number of nitrogens with one attached hydrogen (secondary N) is 1. The Labute approximate surface area is 125 Å². The summed E-state index contributed by atoms with van der Waals surface area (Å²) >= 11 is 0. The number of benzene rings is 1. The Hall–Kier alpha value is -1.46. The summed E-state index contributed by atoms with van der Waals surface area (Å²) in [5, 5.41) is 2.86. The molecule has 1 aliphatic rings. The lowest BCUT2D eigenvalue weighted by atomic mass is 10.1. The second kappa shape index (κ2) is 7.52. The highest BCUT2D eigenvalue weighted by atomic mass is 19.1. The fourth-order valence-corrected chi connectivity index (χ4v) is 2.47. The molecule has 0 atom stereocenters. The standard InChI is InChI=1S/C16H24FN3O/c1-3-19-6-8-20(9-7-19)12-16(21)18-11-14-5-4-13(2)15(17)10-14/h4-5,10H,3,6-9,11-12H2,1-2H3,(H,18,21). The van der Waals surface area contributed by atoms with Crippen molar-refractivity contribution in [2.75, 3.05) is 39.3 Å². The zero-order chi connectivity index (χ0) is 15.2. The van der Waals surface area contributed by atoms with Crippen LogP contribution < -0.4 is 5.32 Å². The van der Waals surface area contributed by atoms with Gasteiger partial charge in [-0.1, -0.05) is 19.1 Å². The van der Waals surface area contributed by atoms with Crippen LogP contribution in [-0.2, 0) is 11.3 Å². The normalized spacial score (nSPS) is 16.9. The second-order valence-corrected chi connectivity index (χ2v) is 5.57. The number of carbonyl (C=O) groups is 1. The van der Waals surface area contributed by atoms with Gasteiger partial charge in [0.2, 0.25) is 5.91 Å². The molecule has 0 aliphatic carbocycles. The van der Waals surface area contributed by atoms with Crippen molar-refractivity contribution < 1.29 is 9.18 Å². The predicted molar refractivity (Wildman–Crippen MR) is 81.5 cm³/mol. The molecule has 0 bridgehead atoms. The van der Waals surface area contributed by atoms with Crippen LogP contribution in [-0.4, -0.2) is 55.0 Å². The molecule has 1 amide bonds. The van der Waals surface area contributed by atoms with Crippen molar-refractivity contribution >= 4 is 5.91 Å². The van der Waals surface area contributed by atoms with E-state index in [4.69, 9.17) is 0 Å². The Morgan fingerprint density at radius 1 is 1.24 bits per heavy atom. The third kappa shape index (κ3) is 4.79. The van der Waals surface area contributed by atoms with E-state index in [0.29, 0.717) is 18.7 Å². The third-order valence-corrected chi connectivity index (χ3v) is 4.01. The fourth-order valence-electron chi connectivity index (χ4n) is 2.47. The fraction of sp³-hybridized carbons (Fsp3) is 0.562. The molecule has 1 aromatic carbocycles. The Morgan fingerprint density at radius 3 is 2.52 bits per heavy atom. The van der Waals surface area contributed by atoms with Gasteiger partial charge in [-0.05, 0) is 30.7 Å². The summed E-state index contributed by atoms with van der Waals surface area (Å²) in [5.41, 5.74) is 1.42. The van der Waals surface area contributed by atoms with Crippen molar-refractivity contribution in [1.82, 2.24) is 15.1 Å². The van der Waals surface area contributed by atoms with E-state index >= 15 is 0 Å². The van der Waals surface area contributed by atoms with E-state index in [1.165, 1.54) is 6.07 Å². The smallest absolute Gasteiger partial charge is 0.234 e. The number of likely N-dealkylation sites (N-methyl/N-ethyl adjacent to an activating group) is 1. The maximum atomic E-state index is 13.4. The minimum atomic E-state index is -0.225. The van der Waals surface area contributed by atoms with E-state index in [2.05, 4.69) is 22.0 Å². The van der Waals surface area contributed by atoms with Gasteiger partial charge in [-0.15, -0.1) is 0 Å². The van der Waals surface area contributed by atoms with Crippen LogP contribution >= 0.6 is 0 Å². The molecule has 1 fully saturated rings. The molecule has 1 saturated heterocycles. The van der Waals surface area contributed by atoms with E-state index < -0.39 is 0 Å². The quantitative estimate of drug-likeness (QED) is 0.891. The largest absolute Gasteiger partial charge is 0.351 e. The molecule has 1 N–H and O–H groups in total. The van der Waals surface area contributed by atoms with Gasteiger partial charge in [0.1, 0.15) is 5.82 Å². The van der Waals surface area contributed by atoms with Crippen molar-refractivity contribution in [1.29, 1.82) is 0 Å². The van der Waals surface area contributed by atoms with E-state index in [1.54, 1.807) is 13.0 Å². The van der Waals surface area contributed by atoms with Crippen LogP contribution in [0.3, 0.4) is 0 Å². The molecule has 1 heterocycles. The summed E-state index contributed by atoms with van der Waals surface area (Å²) in [7, 11) is 0. The number of hydrogen-bond acceptors (Lipinski definition) is 3. The number of aryl methyl sites for hydroxylation is 1. The van der Waals surface area contributed by atoms with Crippen LogP contribution in [0.4, 0.5) is 4.39 Å². The van der Waals surface area contributed by atoms with Crippen molar-refractivity contribution in [3.63, 3.8) is 0 Å².